The van der Waals surface area contributed by atoms with Crippen LogP contribution in [0.3, 0.4) is 0 Å². The van der Waals surface area contributed by atoms with Gasteiger partial charge in [0.05, 0.1) is 0 Å². The van der Waals surface area contributed by atoms with Crippen LogP contribution in [0.15, 0.2) is 24.3 Å². The van der Waals surface area contributed by atoms with Crippen molar-refractivity contribution < 1.29 is 0 Å². The third kappa shape index (κ3) is 2.95. The van der Waals surface area contributed by atoms with Crippen molar-refractivity contribution in [1.82, 2.24) is 5.32 Å². The standard InChI is InChI=1S/C17H27N/c1-5-18-16(17(2,3)4)15-11-9-14(10-12-15)13-7-6-8-13/h9-13,16,18H,5-8H2,1-4H3. The van der Waals surface area contributed by atoms with Gasteiger partial charge >= 0.3 is 0 Å². The minimum Gasteiger partial charge on any atom is -0.310 e. The third-order valence-electron chi connectivity index (χ3n) is 4.12. The van der Waals surface area contributed by atoms with Gasteiger partial charge in [0.1, 0.15) is 0 Å². The maximum absolute atomic E-state index is 3.62. The normalized spacial score (nSPS) is 18.4. The first-order valence-electron chi connectivity index (χ1n) is 7.35. The van der Waals surface area contributed by atoms with Crippen LogP contribution >= 0.6 is 0 Å². The molecule has 0 amide bonds. The summed E-state index contributed by atoms with van der Waals surface area (Å²) in [4.78, 5) is 0. The second-order valence-corrected chi connectivity index (χ2v) is 6.65. The highest BCUT2D eigenvalue weighted by molar-refractivity contribution is 5.29. The van der Waals surface area contributed by atoms with E-state index in [2.05, 4.69) is 57.3 Å². The van der Waals surface area contributed by atoms with E-state index in [1.54, 1.807) is 0 Å². The van der Waals surface area contributed by atoms with Crippen molar-refractivity contribution in [3.63, 3.8) is 0 Å². The van der Waals surface area contributed by atoms with E-state index in [4.69, 9.17) is 0 Å². The van der Waals surface area contributed by atoms with Gasteiger partial charge in [-0.05, 0) is 41.8 Å². The fraction of sp³-hybridized carbons (Fsp3) is 0.647. The Kier molecular flexibility index (Phi) is 4.11. The summed E-state index contributed by atoms with van der Waals surface area (Å²) in [5.74, 6) is 0.839. The van der Waals surface area contributed by atoms with Gasteiger partial charge in [0.25, 0.3) is 0 Å². The molecule has 1 unspecified atom stereocenters. The molecule has 1 saturated carbocycles. The molecule has 1 fully saturated rings. The van der Waals surface area contributed by atoms with Crippen LogP contribution in [0.5, 0.6) is 0 Å². The zero-order valence-corrected chi connectivity index (χ0v) is 12.3. The van der Waals surface area contributed by atoms with Gasteiger partial charge in [-0.2, -0.15) is 0 Å². The summed E-state index contributed by atoms with van der Waals surface area (Å²) in [6, 6.07) is 9.78. The highest BCUT2D eigenvalue weighted by atomic mass is 14.9. The first kappa shape index (κ1) is 13.6. The van der Waals surface area contributed by atoms with E-state index in [1.165, 1.54) is 30.4 Å². The molecule has 0 heterocycles. The molecular formula is C17H27N. The number of nitrogens with one attached hydrogen (secondary N) is 1. The Balaban J connectivity index is 2.15. The molecule has 1 aliphatic rings. The Morgan fingerprint density at radius 1 is 1.17 bits per heavy atom. The van der Waals surface area contributed by atoms with Gasteiger partial charge < -0.3 is 5.32 Å². The summed E-state index contributed by atoms with van der Waals surface area (Å²) >= 11 is 0. The smallest absolute Gasteiger partial charge is 0.0369 e. The lowest BCUT2D eigenvalue weighted by molar-refractivity contribution is 0.276. The average Bonchev–Trinajstić information content (AvgIpc) is 2.23. The number of benzene rings is 1. The summed E-state index contributed by atoms with van der Waals surface area (Å²) in [6.45, 7) is 10.1. The van der Waals surface area contributed by atoms with Gasteiger partial charge in [-0.3, -0.25) is 0 Å². The van der Waals surface area contributed by atoms with Crippen LogP contribution in [0.1, 0.15) is 70.0 Å². The largest absolute Gasteiger partial charge is 0.310 e. The Morgan fingerprint density at radius 2 is 1.78 bits per heavy atom. The summed E-state index contributed by atoms with van der Waals surface area (Å²) in [7, 11) is 0. The van der Waals surface area contributed by atoms with Crippen LogP contribution in [0.2, 0.25) is 0 Å². The molecule has 0 aliphatic heterocycles. The maximum atomic E-state index is 3.62. The molecule has 1 N–H and O–H groups in total. The van der Waals surface area contributed by atoms with E-state index in [1.807, 2.05) is 0 Å². The van der Waals surface area contributed by atoms with E-state index >= 15 is 0 Å². The van der Waals surface area contributed by atoms with Crippen molar-refractivity contribution >= 4 is 0 Å². The predicted octanol–water partition coefficient (Wildman–Crippen LogP) is 4.65. The molecule has 0 spiro atoms. The number of rotatable bonds is 4. The monoisotopic (exact) mass is 245 g/mol. The molecular weight excluding hydrogens is 218 g/mol. The summed E-state index contributed by atoms with van der Waals surface area (Å²) in [5, 5.41) is 3.62. The molecule has 1 atom stereocenters. The van der Waals surface area contributed by atoms with Gasteiger partial charge in [0.2, 0.25) is 0 Å². The van der Waals surface area contributed by atoms with E-state index in [0.717, 1.165) is 12.5 Å². The van der Waals surface area contributed by atoms with Gasteiger partial charge in [-0.15, -0.1) is 0 Å². The van der Waals surface area contributed by atoms with Gasteiger partial charge in [0.15, 0.2) is 0 Å². The number of hydrogen-bond acceptors (Lipinski definition) is 1. The lowest BCUT2D eigenvalue weighted by atomic mass is 9.78. The minimum atomic E-state index is 0.258. The van der Waals surface area contributed by atoms with Crippen LogP contribution in [-0.2, 0) is 0 Å². The summed E-state index contributed by atoms with van der Waals surface area (Å²) < 4.78 is 0. The molecule has 100 valence electrons. The fourth-order valence-electron chi connectivity index (χ4n) is 2.83. The Labute approximate surface area is 112 Å². The molecule has 0 saturated heterocycles. The van der Waals surface area contributed by atoms with Gasteiger partial charge in [-0.1, -0.05) is 58.4 Å². The van der Waals surface area contributed by atoms with E-state index < -0.39 is 0 Å². The molecule has 1 aromatic carbocycles. The molecule has 1 aromatic rings. The first-order valence-corrected chi connectivity index (χ1v) is 7.35. The minimum absolute atomic E-state index is 0.258. The highest BCUT2D eigenvalue weighted by Crippen LogP contribution is 2.38. The Morgan fingerprint density at radius 3 is 2.17 bits per heavy atom. The SMILES string of the molecule is CCNC(c1ccc(C2CCC2)cc1)C(C)(C)C. The molecule has 1 heteroatoms. The van der Waals surface area contributed by atoms with Gasteiger partial charge in [0, 0.05) is 6.04 Å². The molecule has 1 nitrogen and oxygen atoms in total. The van der Waals surface area contributed by atoms with Crippen molar-refractivity contribution in [1.29, 1.82) is 0 Å². The predicted molar refractivity (Wildman–Crippen MR) is 78.9 cm³/mol. The van der Waals surface area contributed by atoms with E-state index in [0.29, 0.717) is 6.04 Å². The van der Waals surface area contributed by atoms with Crippen LogP contribution < -0.4 is 5.32 Å². The quantitative estimate of drug-likeness (QED) is 0.814. The van der Waals surface area contributed by atoms with Crippen LogP contribution in [0.4, 0.5) is 0 Å². The Hall–Kier alpha value is -0.820. The molecule has 2 rings (SSSR count). The van der Waals surface area contributed by atoms with E-state index in [9.17, 15) is 0 Å². The van der Waals surface area contributed by atoms with Gasteiger partial charge in [-0.25, -0.2) is 0 Å². The van der Waals surface area contributed by atoms with Crippen LogP contribution in [-0.4, -0.2) is 6.54 Å². The zero-order valence-electron chi connectivity index (χ0n) is 12.3. The average molecular weight is 245 g/mol. The lowest BCUT2D eigenvalue weighted by Crippen LogP contribution is -2.32. The van der Waals surface area contributed by atoms with Crippen molar-refractivity contribution in [2.75, 3.05) is 6.54 Å². The second-order valence-electron chi connectivity index (χ2n) is 6.65. The fourth-order valence-corrected chi connectivity index (χ4v) is 2.83. The van der Waals surface area contributed by atoms with Crippen molar-refractivity contribution in [2.24, 2.45) is 5.41 Å². The zero-order chi connectivity index (χ0) is 13.2. The first-order chi connectivity index (χ1) is 8.52. The maximum Gasteiger partial charge on any atom is 0.0369 e. The van der Waals surface area contributed by atoms with Crippen molar-refractivity contribution in [3.8, 4) is 0 Å². The van der Waals surface area contributed by atoms with Crippen LogP contribution in [0, 0.1) is 5.41 Å². The summed E-state index contributed by atoms with van der Waals surface area (Å²) in [5.41, 5.74) is 3.22. The molecule has 18 heavy (non-hydrogen) atoms. The second kappa shape index (κ2) is 5.44. The molecule has 0 bridgehead atoms. The molecule has 0 aromatic heterocycles. The molecule has 1 aliphatic carbocycles. The molecule has 0 radical (unpaired) electrons. The van der Waals surface area contributed by atoms with Crippen molar-refractivity contribution in [2.45, 2.75) is 58.9 Å². The van der Waals surface area contributed by atoms with E-state index in [-0.39, 0.29) is 5.41 Å². The highest BCUT2D eigenvalue weighted by Gasteiger charge is 2.26. The number of hydrogen-bond donors (Lipinski definition) is 1. The summed E-state index contributed by atoms with van der Waals surface area (Å²) in [6.07, 6.45) is 4.18. The third-order valence-corrected chi connectivity index (χ3v) is 4.12. The van der Waals surface area contributed by atoms with Crippen LogP contribution in [0.25, 0.3) is 0 Å². The lowest BCUT2D eigenvalue weighted by Gasteiger charge is -2.32. The topological polar surface area (TPSA) is 12.0 Å². The van der Waals surface area contributed by atoms with Crippen molar-refractivity contribution in [3.05, 3.63) is 35.4 Å². The Bertz CT molecular complexity index is 368.